The van der Waals surface area contributed by atoms with Gasteiger partial charge in [-0.3, -0.25) is 14.3 Å². The van der Waals surface area contributed by atoms with Crippen molar-refractivity contribution >= 4 is 55.2 Å². The van der Waals surface area contributed by atoms with Gasteiger partial charge in [0.1, 0.15) is 0 Å². The summed E-state index contributed by atoms with van der Waals surface area (Å²) in [5.74, 6) is 0.973. The Morgan fingerprint density at radius 3 is 2.39 bits per heavy atom. The fraction of sp³-hybridized carbons (Fsp3) is 0.318. The standard InChI is InChI=1S/C22H25Br2N5OS/c1-5-18(28(3)4)21-26-27-22(29(21)15-9-7-6-8-10-15)31-13-19(30)25-20-16(23)11-14(2)12-17(20)24/h6-12,18H,5,13H2,1-4H3,(H,25,30)/t18-/m0/s1. The van der Waals surface area contributed by atoms with E-state index in [1.807, 2.05) is 68.1 Å². The summed E-state index contributed by atoms with van der Waals surface area (Å²) in [6.07, 6.45) is 0.901. The summed E-state index contributed by atoms with van der Waals surface area (Å²) in [6, 6.07) is 14.1. The molecular weight excluding hydrogens is 542 g/mol. The molecule has 164 valence electrons. The van der Waals surface area contributed by atoms with Gasteiger partial charge in [0.25, 0.3) is 0 Å². The molecule has 9 heteroatoms. The van der Waals surface area contributed by atoms with Crippen LogP contribution in [-0.2, 0) is 4.79 Å². The molecule has 0 fully saturated rings. The zero-order valence-corrected chi connectivity index (χ0v) is 21.9. The number of amides is 1. The number of para-hydroxylation sites is 1. The van der Waals surface area contributed by atoms with Gasteiger partial charge >= 0.3 is 0 Å². The highest BCUT2D eigenvalue weighted by Gasteiger charge is 2.23. The zero-order valence-electron chi connectivity index (χ0n) is 17.9. The Balaban J connectivity index is 1.83. The minimum absolute atomic E-state index is 0.112. The van der Waals surface area contributed by atoms with Crippen LogP contribution in [0.1, 0.15) is 30.8 Å². The van der Waals surface area contributed by atoms with E-state index >= 15 is 0 Å². The first kappa shape index (κ1) is 24.0. The molecule has 1 heterocycles. The van der Waals surface area contributed by atoms with Crippen molar-refractivity contribution in [3.8, 4) is 5.69 Å². The first-order valence-corrected chi connectivity index (χ1v) is 12.4. The number of carbonyl (C=O) groups is 1. The molecule has 31 heavy (non-hydrogen) atoms. The third-order valence-corrected chi connectivity index (χ3v) is 6.94. The number of halogens is 2. The van der Waals surface area contributed by atoms with Crippen molar-refractivity contribution in [2.75, 3.05) is 25.2 Å². The number of rotatable bonds is 8. The Kier molecular flexibility index (Phi) is 8.32. The summed E-state index contributed by atoms with van der Waals surface area (Å²) in [4.78, 5) is 14.8. The third-order valence-electron chi connectivity index (χ3n) is 4.76. The van der Waals surface area contributed by atoms with E-state index in [0.29, 0.717) is 5.16 Å². The van der Waals surface area contributed by atoms with Crippen LogP contribution in [0, 0.1) is 6.92 Å². The molecule has 0 spiro atoms. The summed E-state index contributed by atoms with van der Waals surface area (Å²) in [6.45, 7) is 4.13. The van der Waals surface area contributed by atoms with Crippen molar-refractivity contribution in [2.45, 2.75) is 31.5 Å². The lowest BCUT2D eigenvalue weighted by Crippen LogP contribution is -2.23. The fourth-order valence-electron chi connectivity index (χ4n) is 3.31. The van der Waals surface area contributed by atoms with Gasteiger partial charge in [0.2, 0.25) is 5.91 Å². The van der Waals surface area contributed by atoms with Crippen LogP contribution >= 0.6 is 43.6 Å². The molecule has 0 aliphatic rings. The predicted molar refractivity (Wildman–Crippen MR) is 134 cm³/mol. The quantitative estimate of drug-likeness (QED) is 0.347. The number of anilines is 1. The molecule has 0 saturated carbocycles. The average Bonchev–Trinajstić information content (AvgIpc) is 3.13. The average molecular weight is 567 g/mol. The lowest BCUT2D eigenvalue weighted by atomic mass is 10.2. The number of hydrogen-bond acceptors (Lipinski definition) is 5. The van der Waals surface area contributed by atoms with Gasteiger partial charge < -0.3 is 5.32 Å². The summed E-state index contributed by atoms with van der Waals surface area (Å²) in [7, 11) is 4.07. The van der Waals surface area contributed by atoms with E-state index in [1.165, 1.54) is 11.8 Å². The van der Waals surface area contributed by atoms with E-state index in [1.54, 1.807) is 0 Å². The van der Waals surface area contributed by atoms with Gasteiger partial charge in [0.05, 0.1) is 17.5 Å². The van der Waals surface area contributed by atoms with Crippen LogP contribution in [0.5, 0.6) is 0 Å². The van der Waals surface area contributed by atoms with Crippen molar-refractivity contribution < 1.29 is 4.79 Å². The molecule has 3 aromatic rings. The van der Waals surface area contributed by atoms with Gasteiger partial charge in [-0.2, -0.15) is 0 Å². The van der Waals surface area contributed by atoms with Crippen LogP contribution in [0.2, 0.25) is 0 Å². The summed E-state index contributed by atoms with van der Waals surface area (Å²) >= 11 is 8.42. The lowest BCUT2D eigenvalue weighted by molar-refractivity contribution is -0.113. The molecule has 0 radical (unpaired) electrons. The molecular formula is C22H25Br2N5OS. The van der Waals surface area contributed by atoms with Crippen molar-refractivity contribution in [1.82, 2.24) is 19.7 Å². The van der Waals surface area contributed by atoms with Crippen LogP contribution in [0.25, 0.3) is 5.69 Å². The third kappa shape index (κ3) is 5.77. The Labute approximate surface area is 204 Å². The molecule has 0 aliphatic carbocycles. The van der Waals surface area contributed by atoms with Gasteiger partial charge in [0, 0.05) is 14.6 Å². The minimum Gasteiger partial charge on any atom is -0.323 e. The Hall–Kier alpha value is -1.68. The second kappa shape index (κ2) is 10.8. The molecule has 0 aliphatic heterocycles. The number of thioether (sulfide) groups is 1. The normalized spacial score (nSPS) is 12.2. The number of nitrogens with zero attached hydrogens (tertiary/aromatic N) is 4. The monoisotopic (exact) mass is 565 g/mol. The molecule has 1 amide bonds. The second-order valence-corrected chi connectivity index (χ2v) is 9.99. The van der Waals surface area contributed by atoms with Crippen LogP contribution in [-0.4, -0.2) is 45.4 Å². The number of nitrogens with one attached hydrogen (secondary N) is 1. The summed E-state index contributed by atoms with van der Waals surface area (Å²) in [5.41, 5.74) is 2.80. The Bertz CT molecular complexity index is 1030. The second-order valence-electron chi connectivity index (χ2n) is 7.34. The van der Waals surface area contributed by atoms with Crippen molar-refractivity contribution in [1.29, 1.82) is 0 Å². The van der Waals surface area contributed by atoms with E-state index in [4.69, 9.17) is 0 Å². The smallest absolute Gasteiger partial charge is 0.234 e. The number of aromatic nitrogens is 3. The van der Waals surface area contributed by atoms with Crippen molar-refractivity contribution in [2.24, 2.45) is 0 Å². The lowest BCUT2D eigenvalue weighted by Gasteiger charge is -2.23. The maximum atomic E-state index is 12.7. The van der Waals surface area contributed by atoms with E-state index in [2.05, 4.69) is 59.2 Å². The first-order valence-electron chi connectivity index (χ1n) is 9.87. The van der Waals surface area contributed by atoms with E-state index in [9.17, 15) is 4.79 Å². The van der Waals surface area contributed by atoms with Crippen LogP contribution in [0.15, 0.2) is 56.6 Å². The number of aryl methyl sites for hydroxylation is 1. The van der Waals surface area contributed by atoms with E-state index in [0.717, 1.165) is 38.1 Å². The minimum atomic E-state index is -0.112. The van der Waals surface area contributed by atoms with Gasteiger partial charge in [-0.05, 0) is 89.1 Å². The number of benzene rings is 2. The van der Waals surface area contributed by atoms with Gasteiger partial charge in [0.15, 0.2) is 11.0 Å². The first-order chi connectivity index (χ1) is 14.8. The highest BCUT2D eigenvalue weighted by Crippen LogP contribution is 2.33. The Morgan fingerprint density at radius 2 is 1.81 bits per heavy atom. The highest BCUT2D eigenvalue weighted by atomic mass is 79.9. The van der Waals surface area contributed by atoms with E-state index in [-0.39, 0.29) is 17.7 Å². The molecule has 0 saturated heterocycles. The SMILES string of the molecule is CC[C@@H](c1nnc(SCC(=O)Nc2c(Br)cc(C)cc2Br)n1-c1ccccc1)N(C)C. The summed E-state index contributed by atoms with van der Waals surface area (Å²) < 4.78 is 3.72. The van der Waals surface area contributed by atoms with Crippen LogP contribution in [0.3, 0.4) is 0 Å². The number of carbonyl (C=O) groups excluding carboxylic acids is 1. The largest absolute Gasteiger partial charge is 0.323 e. The maximum Gasteiger partial charge on any atom is 0.234 e. The van der Waals surface area contributed by atoms with Gasteiger partial charge in [-0.25, -0.2) is 0 Å². The van der Waals surface area contributed by atoms with Crippen LogP contribution < -0.4 is 5.32 Å². The molecule has 1 N–H and O–H groups in total. The van der Waals surface area contributed by atoms with Crippen LogP contribution in [0.4, 0.5) is 5.69 Å². The van der Waals surface area contributed by atoms with Gasteiger partial charge in [-0.15, -0.1) is 10.2 Å². The highest BCUT2D eigenvalue weighted by molar-refractivity contribution is 9.11. The van der Waals surface area contributed by atoms with E-state index < -0.39 is 0 Å². The fourth-order valence-corrected chi connectivity index (χ4v) is 5.69. The molecule has 0 bridgehead atoms. The van der Waals surface area contributed by atoms with Crippen molar-refractivity contribution in [3.05, 3.63) is 62.8 Å². The van der Waals surface area contributed by atoms with Gasteiger partial charge in [-0.1, -0.05) is 36.9 Å². The maximum absolute atomic E-state index is 12.7. The molecule has 1 aromatic heterocycles. The number of hydrogen-bond donors (Lipinski definition) is 1. The zero-order chi connectivity index (χ0) is 22.5. The topological polar surface area (TPSA) is 63.1 Å². The Morgan fingerprint density at radius 1 is 1.16 bits per heavy atom. The summed E-state index contributed by atoms with van der Waals surface area (Å²) in [5, 5.41) is 12.6. The predicted octanol–water partition coefficient (Wildman–Crippen LogP) is 5.84. The molecule has 3 rings (SSSR count). The van der Waals surface area contributed by atoms with Crippen molar-refractivity contribution in [3.63, 3.8) is 0 Å². The molecule has 1 atom stereocenters. The molecule has 0 unspecified atom stereocenters. The molecule has 6 nitrogen and oxygen atoms in total. The molecule has 2 aromatic carbocycles.